The lowest BCUT2D eigenvalue weighted by molar-refractivity contribution is -0.137. The minimum Gasteiger partial charge on any atom is -0.486 e. The predicted molar refractivity (Wildman–Crippen MR) is 169 cm³/mol. The van der Waals surface area contributed by atoms with Crippen molar-refractivity contribution in [3.63, 3.8) is 0 Å². The van der Waals surface area contributed by atoms with Gasteiger partial charge in [-0.15, -0.1) is 0 Å². The van der Waals surface area contributed by atoms with E-state index in [1.54, 1.807) is 6.20 Å². The maximum absolute atomic E-state index is 10.8. The molecule has 0 atom stereocenters. The molecule has 0 unspecified atom stereocenters. The molecule has 0 amide bonds. The van der Waals surface area contributed by atoms with Crippen LogP contribution in [0.5, 0.6) is 5.75 Å². The van der Waals surface area contributed by atoms with Crippen molar-refractivity contribution in [2.45, 2.75) is 79.4 Å². The second kappa shape index (κ2) is 17.4. The quantitative estimate of drug-likeness (QED) is 0.170. The lowest BCUT2D eigenvalue weighted by Crippen LogP contribution is -2.03. The van der Waals surface area contributed by atoms with Crippen molar-refractivity contribution in [1.82, 2.24) is 14.8 Å². The molecule has 0 saturated heterocycles. The van der Waals surface area contributed by atoms with Gasteiger partial charge in [0.05, 0.1) is 17.1 Å². The highest BCUT2D eigenvalue weighted by molar-refractivity contribution is 5.85. The Morgan fingerprint density at radius 2 is 1.45 bits per heavy atom. The Hall–Kier alpha value is -4.39. The van der Waals surface area contributed by atoms with Crippen molar-refractivity contribution in [3.05, 3.63) is 90.8 Å². The molecule has 0 aliphatic heterocycles. The first kappa shape index (κ1) is 32.1. The van der Waals surface area contributed by atoms with E-state index in [9.17, 15) is 4.79 Å². The van der Waals surface area contributed by atoms with Gasteiger partial charge in [0.15, 0.2) is 5.76 Å². The number of aliphatic carboxylic acids is 1. The van der Waals surface area contributed by atoms with Crippen molar-refractivity contribution < 1.29 is 19.1 Å². The molecule has 5 aromatic rings. The van der Waals surface area contributed by atoms with Crippen molar-refractivity contribution in [3.8, 4) is 28.5 Å². The highest BCUT2D eigenvalue weighted by Gasteiger charge is 2.18. The summed E-state index contributed by atoms with van der Waals surface area (Å²) in [5, 5.41) is 14.2. The number of aromatic nitrogens is 3. The Balaban J connectivity index is 0.000000540. The summed E-state index contributed by atoms with van der Waals surface area (Å²) in [7, 11) is 0. The molecule has 0 saturated carbocycles. The van der Waals surface area contributed by atoms with Gasteiger partial charge < -0.3 is 14.3 Å². The van der Waals surface area contributed by atoms with Crippen molar-refractivity contribution in [2.75, 3.05) is 0 Å². The number of oxazole rings is 1. The monoisotopic (exact) mass is 569 g/mol. The zero-order valence-corrected chi connectivity index (χ0v) is 25.3. The zero-order valence-electron chi connectivity index (χ0n) is 25.3. The molecule has 42 heavy (non-hydrogen) atoms. The topological polar surface area (TPSA) is 90.4 Å². The van der Waals surface area contributed by atoms with E-state index in [0.717, 1.165) is 22.0 Å². The normalized spacial score (nSPS) is 10.4. The van der Waals surface area contributed by atoms with E-state index in [1.807, 2.05) is 83.5 Å². The highest BCUT2D eigenvalue weighted by Crippen LogP contribution is 2.32. The van der Waals surface area contributed by atoms with Crippen LogP contribution in [0.15, 0.2) is 89.5 Å². The maximum Gasteiger partial charge on any atom is 0.303 e. The minimum atomic E-state index is -0.808. The lowest BCUT2D eigenvalue weighted by Gasteiger charge is -2.08. The number of rotatable bonds is 11. The first-order valence-electron chi connectivity index (χ1n) is 14.9. The van der Waals surface area contributed by atoms with Gasteiger partial charge in [-0.25, -0.2) is 4.98 Å². The van der Waals surface area contributed by atoms with Crippen LogP contribution in [0.2, 0.25) is 0 Å². The molecule has 0 bridgehead atoms. The summed E-state index contributed by atoms with van der Waals surface area (Å²) in [5.41, 5.74) is 3.43. The number of hydrogen-bond donors (Lipinski definition) is 1. The van der Waals surface area contributed by atoms with Gasteiger partial charge in [0.2, 0.25) is 5.89 Å². The summed E-state index contributed by atoms with van der Waals surface area (Å²) in [6, 6.07) is 25.4. The molecule has 2 heterocycles. The lowest BCUT2D eigenvalue weighted by atomic mass is 10.1. The molecule has 7 nitrogen and oxygen atoms in total. The summed E-state index contributed by atoms with van der Waals surface area (Å²) in [4.78, 5) is 15.6. The van der Waals surface area contributed by atoms with Crippen LogP contribution < -0.4 is 4.74 Å². The Morgan fingerprint density at radius 1 is 0.833 bits per heavy atom. The first-order valence-corrected chi connectivity index (χ1v) is 14.9. The van der Waals surface area contributed by atoms with Crippen LogP contribution in [-0.4, -0.2) is 25.8 Å². The molecule has 0 spiro atoms. The molecule has 2 aromatic heterocycles. The number of nitrogens with zero attached hydrogens (tertiary/aromatic N) is 3. The van der Waals surface area contributed by atoms with Crippen LogP contribution in [-0.2, 0) is 17.9 Å². The third-order valence-electron chi connectivity index (χ3n) is 6.53. The van der Waals surface area contributed by atoms with E-state index < -0.39 is 5.97 Å². The molecular weight excluding hydrogens is 526 g/mol. The smallest absolute Gasteiger partial charge is 0.303 e. The fraction of sp³-hybridized carbons (Fsp3) is 0.343. The fourth-order valence-electron chi connectivity index (χ4n) is 3.88. The van der Waals surface area contributed by atoms with Crippen LogP contribution in [0.25, 0.3) is 33.7 Å². The van der Waals surface area contributed by atoms with Crippen molar-refractivity contribution >= 4 is 16.9 Å². The first-order chi connectivity index (χ1) is 20.5. The molecule has 0 aliphatic rings. The van der Waals surface area contributed by atoms with Gasteiger partial charge in [-0.2, -0.15) is 5.10 Å². The van der Waals surface area contributed by atoms with Crippen molar-refractivity contribution in [2.24, 2.45) is 0 Å². The molecule has 3 aromatic carbocycles. The summed E-state index contributed by atoms with van der Waals surface area (Å²) in [6.07, 6.45) is 7.65. The Morgan fingerprint density at radius 3 is 2.05 bits per heavy atom. The Kier molecular flexibility index (Phi) is 13.3. The third-order valence-corrected chi connectivity index (χ3v) is 6.53. The molecule has 7 heteroatoms. The second-order valence-corrected chi connectivity index (χ2v) is 9.87. The van der Waals surface area contributed by atoms with Gasteiger partial charge in [0.1, 0.15) is 18.1 Å². The fourth-order valence-corrected chi connectivity index (χ4v) is 3.88. The van der Waals surface area contributed by atoms with Gasteiger partial charge in [-0.05, 0) is 30.7 Å². The number of ether oxygens (including phenoxy) is 1. The molecule has 0 fully saturated rings. The largest absolute Gasteiger partial charge is 0.486 e. The molecule has 0 aliphatic carbocycles. The van der Waals surface area contributed by atoms with E-state index in [1.165, 1.54) is 25.7 Å². The predicted octanol–water partition coefficient (Wildman–Crippen LogP) is 9.41. The number of carbonyl (C=O) groups is 1. The number of fused-ring (bicyclic) bond motifs is 1. The number of hydrogen-bond acceptors (Lipinski definition) is 5. The zero-order chi connectivity index (χ0) is 30.2. The van der Waals surface area contributed by atoms with Crippen LogP contribution in [0.1, 0.15) is 71.9 Å². The van der Waals surface area contributed by atoms with Crippen LogP contribution in [0, 0.1) is 0 Å². The minimum absolute atomic E-state index is 0.107. The van der Waals surface area contributed by atoms with Gasteiger partial charge in [0.25, 0.3) is 0 Å². The number of unbranched alkanes of at least 4 members (excludes halogenated alkanes) is 2. The van der Waals surface area contributed by atoms with Gasteiger partial charge in [-0.1, -0.05) is 108 Å². The summed E-state index contributed by atoms with van der Waals surface area (Å²) < 4.78 is 14.2. The Bertz CT molecular complexity index is 1470. The molecule has 0 radical (unpaired) electrons. The van der Waals surface area contributed by atoms with E-state index in [0.29, 0.717) is 36.1 Å². The van der Waals surface area contributed by atoms with Gasteiger partial charge in [0, 0.05) is 24.1 Å². The number of benzene rings is 3. The highest BCUT2D eigenvalue weighted by atomic mass is 16.5. The third kappa shape index (κ3) is 9.33. The molecule has 5 rings (SSSR count). The molecular formula is C35H43N3O4. The second-order valence-electron chi connectivity index (χ2n) is 9.87. The van der Waals surface area contributed by atoms with Crippen LogP contribution in [0.4, 0.5) is 0 Å². The van der Waals surface area contributed by atoms with E-state index >= 15 is 0 Å². The maximum atomic E-state index is 10.8. The molecule has 222 valence electrons. The molecule has 1 N–H and O–H groups in total. The van der Waals surface area contributed by atoms with E-state index in [2.05, 4.69) is 32.8 Å². The number of carboxylic acid groups (broad SMARTS) is 1. The summed E-state index contributed by atoms with van der Waals surface area (Å²) in [5.74, 6) is 1.10. The van der Waals surface area contributed by atoms with Crippen molar-refractivity contribution in [1.29, 1.82) is 0 Å². The summed E-state index contributed by atoms with van der Waals surface area (Å²) >= 11 is 0. The number of carboxylic acids is 1. The average molecular weight is 570 g/mol. The SMILES string of the molecule is CCCC.CCCC.O=C(O)CCCn1ncc2c(OCc3nc(-c4ccccc4)oc3-c3ccccc3)cccc21. The standard InChI is InChI=1S/C27H23N3O4.2C4H10/c31-25(32)15-8-16-30-23-13-7-14-24(21(23)17-28-30)33-18-22-26(19-9-3-1-4-10-19)34-27(29-22)20-11-5-2-6-12-20;2*1-3-4-2/h1-7,9-14,17H,8,15-16,18H2,(H,31,32);2*3-4H2,1-2H3. The van der Waals surface area contributed by atoms with E-state index in [-0.39, 0.29) is 13.0 Å². The van der Waals surface area contributed by atoms with Gasteiger partial charge in [-0.3, -0.25) is 9.48 Å². The van der Waals surface area contributed by atoms with E-state index in [4.69, 9.17) is 19.2 Å². The van der Waals surface area contributed by atoms with Crippen LogP contribution in [0.3, 0.4) is 0 Å². The van der Waals surface area contributed by atoms with Gasteiger partial charge >= 0.3 is 5.97 Å². The summed E-state index contributed by atoms with van der Waals surface area (Å²) in [6.45, 7) is 9.48. The Labute approximate surface area is 249 Å². The van der Waals surface area contributed by atoms with Crippen LogP contribution >= 0.6 is 0 Å². The number of aryl methyl sites for hydroxylation is 1. The average Bonchev–Trinajstić information content (AvgIpc) is 3.66.